The SMILES string of the molecule is Cc1cccc(C(=O)N2CCN(C(=O)Cc3cc(C)n(C)c3C)CC2)c1. The molecule has 1 aromatic carbocycles. The second-order valence-electron chi connectivity index (χ2n) is 7.17. The van der Waals surface area contributed by atoms with Gasteiger partial charge in [-0.15, -0.1) is 0 Å². The van der Waals surface area contributed by atoms with E-state index in [0.29, 0.717) is 32.6 Å². The van der Waals surface area contributed by atoms with Gasteiger partial charge in [0.25, 0.3) is 5.91 Å². The van der Waals surface area contributed by atoms with Gasteiger partial charge >= 0.3 is 0 Å². The van der Waals surface area contributed by atoms with Crippen LogP contribution in [0.2, 0.25) is 0 Å². The largest absolute Gasteiger partial charge is 0.352 e. The van der Waals surface area contributed by atoms with Gasteiger partial charge in [-0.05, 0) is 44.5 Å². The van der Waals surface area contributed by atoms with E-state index in [1.54, 1.807) is 0 Å². The molecule has 2 aromatic rings. The van der Waals surface area contributed by atoms with Gasteiger partial charge in [0, 0.05) is 50.2 Å². The highest BCUT2D eigenvalue weighted by atomic mass is 16.2. The molecule has 1 saturated heterocycles. The maximum absolute atomic E-state index is 12.6. The monoisotopic (exact) mass is 353 g/mol. The third kappa shape index (κ3) is 3.66. The zero-order valence-corrected chi connectivity index (χ0v) is 16.1. The molecule has 26 heavy (non-hydrogen) atoms. The first-order chi connectivity index (χ1) is 12.4. The number of hydrogen-bond donors (Lipinski definition) is 0. The zero-order valence-electron chi connectivity index (χ0n) is 16.1. The number of hydrogen-bond acceptors (Lipinski definition) is 2. The van der Waals surface area contributed by atoms with Crippen LogP contribution in [0.25, 0.3) is 0 Å². The molecule has 0 saturated carbocycles. The van der Waals surface area contributed by atoms with Crippen molar-refractivity contribution in [1.82, 2.24) is 14.4 Å². The second-order valence-corrected chi connectivity index (χ2v) is 7.17. The molecule has 3 rings (SSSR count). The standard InChI is InChI=1S/C21H27N3O2/c1-15-6-5-7-18(12-15)21(26)24-10-8-23(9-11-24)20(25)14-19-13-16(2)22(4)17(19)3/h5-7,12-13H,8-11,14H2,1-4H3. The van der Waals surface area contributed by atoms with E-state index in [0.717, 1.165) is 22.4 Å². The number of nitrogens with zero attached hydrogens (tertiary/aromatic N) is 3. The Balaban J connectivity index is 1.58. The number of piperazine rings is 1. The minimum Gasteiger partial charge on any atom is -0.352 e. The van der Waals surface area contributed by atoms with Crippen LogP contribution in [0.15, 0.2) is 30.3 Å². The first-order valence-electron chi connectivity index (χ1n) is 9.12. The number of benzene rings is 1. The van der Waals surface area contributed by atoms with Crippen LogP contribution in [-0.4, -0.2) is 52.4 Å². The normalized spacial score (nSPS) is 14.6. The fraction of sp³-hybridized carbons (Fsp3) is 0.429. The van der Waals surface area contributed by atoms with Crippen LogP contribution in [0.4, 0.5) is 0 Å². The second kappa shape index (κ2) is 7.36. The Kier molecular flexibility index (Phi) is 5.16. The summed E-state index contributed by atoms with van der Waals surface area (Å²) in [6.45, 7) is 8.46. The van der Waals surface area contributed by atoms with Crippen LogP contribution in [-0.2, 0) is 18.3 Å². The molecule has 0 unspecified atom stereocenters. The Morgan fingerprint density at radius 3 is 2.19 bits per heavy atom. The lowest BCUT2D eigenvalue weighted by Crippen LogP contribution is -2.51. The predicted molar refractivity (Wildman–Crippen MR) is 102 cm³/mol. The van der Waals surface area contributed by atoms with Crippen molar-refractivity contribution < 1.29 is 9.59 Å². The Morgan fingerprint density at radius 1 is 0.962 bits per heavy atom. The molecule has 138 valence electrons. The molecule has 1 aliphatic rings. The molecule has 0 bridgehead atoms. The van der Waals surface area contributed by atoms with Crippen molar-refractivity contribution in [2.75, 3.05) is 26.2 Å². The van der Waals surface area contributed by atoms with E-state index in [1.807, 2.05) is 55.0 Å². The number of amides is 2. The third-order valence-corrected chi connectivity index (χ3v) is 5.41. The van der Waals surface area contributed by atoms with Crippen molar-refractivity contribution in [2.45, 2.75) is 27.2 Å². The summed E-state index contributed by atoms with van der Waals surface area (Å²) in [4.78, 5) is 29.0. The summed E-state index contributed by atoms with van der Waals surface area (Å²) in [6, 6.07) is 9.76. The Bertz CT molecular complexity index is 830. The fourth-order valence-electron chi connectivity index (χ4n) is 3.51. The lowest BCUT2D eigenvalue weighted by Gasteiger charge is -2.35. The third-order valence-electron chi connectivity index (χ3n) is 5.41. The number of rotatable bonds is 3. The molecule has 1 aliphatic heterocycles. The Labute approximate surface area is 155 Å². The molecule has 0 aliphatic carbocycles. The lowest BCUT2D eigenvalue weighted by atomic mass is 10.1. The zero-order chi connectivity index (χ0) is 18.8. The highest BCUT2D eigenvalue weighted by Gasteiger charge is 2.25. The van der Waals surface area contributed by atoms with Gasteiger partial charge < -0.3 is 14.4 Å². The van der Waals surface area contributed by atoms with Gasteiger partial charge in [0.15, 0.2) is 0 Å². The van der Waals surface area contributed by atoms with Gasteiger partial charge in [-0.25, -0.2) is 0 Å². The summed E-state index contributed by atoms with van der Waals surface area (Å²) in [7, 11) is 2.02. The maximum Gasteiger partial charge on any atom is 0.253 e. The van der Waals surface area contributed by atoms with Gasteiger partial charge in [-0.3, -0.25) is 9.59 Å². The predicted octanol–water partition coefficient (Wildman–Crippen LogP) is 2.48. The molecule has 2 amide bonds. The molecule has 0 spiro atoms. The van der Waals surface area contributed by atoms with Crippen LogP contribution in [0.5, 0.6) is 0 Å². The number of carbonyl (C=O) groups is 2. The minimum absolute atomic E-state index is 0.0512. The van der Waals surface area contributed by atoms with Crippen molar-refractivity contribution in [1.29, 1.82) is 0 Å². The van der Waals surface area contributed by atoms with E-state index < -0.39 is 0 Å². The quantitative estimate of drug-likeness (QED) is 0.851. The first kappa shape index (κ1) is 18.2. The van der Waals surface area contributed by atoms with E-state index in [9.17, 15) is 9.59 Å². The van der Waals surface area contributed by atoms with Crippen LogP contribution >= 0.6 is 0 Å². The van der Waals surface area contributed by atoms with E-state index >= 15 is 0 Å². The average molecular weight is 353 g/mol. The van der Waals surface area contributed by atoms with E-state index in [2.05, 4.69) is 17.6 Å². The van der Waals surface area contributed by atoms with Gasteiger partial charge in [-0.2, -0.15) is 0 Å². The van der Waals surface area contributed by atoms with Crippen LogP contribution in [0.3, 0.4) is 0 Å². The summed E-state index contributed by atoms with van der Waals surface area (Å²) >= 11 is 0. The summed E-state index contributed by atoms with van der Waals surface area (Å²) in [5.74, 6) is 0.191. The molecule has 5 heteroatoms. The van der Waals surface area contributed by atoms with Crippen molar-refractivity contribution in [2.24, 2.45) is 7.05 Å². The van der Waals surface area contributed by atoms with Crippen LogP contribution in [0, 0.1) is 20.8 Å². The van der Waals surface area contributed by atoms with E-state index in [4.69, 9.17) is 0 Å². The van der Waals surface area contributed by atoms with E-state index in [1.165, 1.54) is 5.69 Å². The topological polar surface area (TPSA) is 45.6 Å². The van der Waals surface area contributed by atoms with Gasteiger partial charge in [-0.1, -0.05) is 17.7 Å². The van der Waals surface area contributed by atoms with Gasteiger partial charge in [0.1, 0.15) is 0 Å². The maximum atomic E-state index is 12.6. The van der Waals surface area contributed by atoms with Gasteiger partial charge in [0.2, 0.25) is 5.91 Å². The number of aromatic nitrogens is 1. The number of aryl methyl sites for hydroxylation is 2. The summed E-state index contributed by atoms with van der Waals surface area (Å²) in [5, 5.41) is 0. The van der Waals surface area contributed by atoms with Crippen molar-refractivity contribution in [3.05, 3.63) is 58.4 Å². The van der Waals surface area contributed by atoms with Gasteiger partial charge in [0.05, 0.1) is 6.42 Å². The molecular formula is C21H27N3O2. The van der Waals surface area contributed by atoms with Crippen molar-refractivity contribution in [3.8, 4) is 0 Å². The van der Waals surface area contributed by atoms with Crippen LogP contribution in [0.1, 0.15) is 32.9 Å². The Hall–Kier alpha value is -2.56. The summed E-state index contributed by atoms with van der Waals surface area (Å²) < 4.78 is 2.11. The molecule has 1 aromatic heterocycles. The Morgan fingerprint density at radius 2 is 1.62 bits per heavy atom. The van der Waals surface area contributed by atoms with Crippen molar-refractivity contribution in [3.63, 3.8) is 0 Å². The molecule has 0 atom stereocenters. The molecule has 0 radical (unpaired) electrons. The average Bonchev–Trinajstić information content (AvgIpc) is 2.88. The van der Waals surface area contributed by atoms with Crippen molar-refractivity contribution >= 4 is 11.8 Å². The first-order valence-corrected chi connectivity index (χ1v) is 9.12. The molecule has 1 fully saturated rings. The summed E-state index contributed by atoms with van der Waals surface area (Å²) in [5.41, 5.74) is 5.20. The summed E-state index contributed by atoms with van der Waals surface area (Å²) in [6.07, 6.45) is 0.430. The molecule has 2 heterocycles. The minimum atomic E-state index is 0.0512. The number of carbonyl (C=O) groups excluding carboxylic acids is 2. The van der Waals surface area contributed by atoms with Crippen LogP contribution < -0.4 is 0 Å². The lowest BCUT2D eigenvalue weighted by molar-refractivity contribution is -0.131. The molecular weight excluding hydrogens is 326 g/mol. The fourth-order valence-corrected chi connectivity index (χ4v) is 3.51. The molecule has 5 nitrogen and oxygen atoms in total. The smallest absolute Gasteiger partial charge is 0.253 e. The molecule has 0 N–H and O–H groups in total. The van der Waals surface area contributed by atoms with E-state index in [-0.39, 0.29) is 11.8 Å². The highest BCUT2D eigenvalue weighted by molar-refractivity contribution is 5.94. The highest BCUT2D eigenvalue weighted by Crippen LogP contribution is 2.16.